The molecular weight excluding hydrogens is 386 g/mol. The minimum Gasteiger partial charge on any atom is -0.357 e. The van der Waals surface area contributed by atoms with Crippen LogP contribution in [0.3, 0.4) is 0 Å². The molecule has 5 nitrogen and oxygen atoms in total. The molecule has 2 N–H and O–H groups in total. The number of rotatable bonds is 7. The third-order valence-electron chi connectivity index (χ3n) is 4.88. The molecule has 0 unspecified atom stereocenters. The maximum absolute atomic E-state index is 13.9. The average molecular weight is 413 g/mol. The van der Waals surface area contributed by atoms with Crippen molar-refractivity contribution in [1.82, 2.24) is 15.5 Å². The highest BCUT2D eigenvalue weighted by Crippen LogP contribution is 2.24. The van der Waals surface area contributed by atoms with Gasteiger partial charge in [-0.15, -0.1) is 0 Å². The van der Waals surface area contributed by atoms with Crippen molar-refractivity contribution < 1.29 is 17.6 Å². The Morgan fingerprint density at radius 1 is 1.28 bits per heavy atom. The number of hydrogen-bond acceptors (Lipinski definition) is 3. The molecule has 2 rings (SSSR count). The molecule has 1 heterocycles. The first-order chi connectivity index (χ1) is 13.8. The van der Waals surface area contributed by atoms with E-state index in [1.165, 1.54) is 23.1 Å². The van der Waals surface area contributed by atoms with Crippen LogP contribution in [0.5, 0.6) is 0 Å². The number of guanidine groups is 1. The molecule has 0 amide bonds. The molecule has 1 aromatic rings. The number of nitriles is 1. The van der Waals surface area contributed by atoms with Gasteiger partial charge in [-0.3, -0.25) is 4.90 Å². The number of hydrogen-bond donors (Lipinski definition) is 2. The molecule has 0 aromatic heterocycles. The molecule has 0 bridgehead atoms. The fourth-order valence-electron chi connectivity index (χ4n) is 3.35. The van der Waals surface area contributed by atoms with Gasteiger partial charge in [-0.25, -0.2) is 9.38 Å². The number of nitrogens with zero attached hydrogens (tertiary/aromatic N) is 3. The summed E-state index contributed by atoms with van der Waals surface area (Å²) in [4.78, 5) is 5.82. The lowest BCUT2D eigenvalue weighted by molar-refractivity contribution is -0.148. The minimum atomic E-state index is -4.14. The zero-order valence-corrected chi connectivity index (χ0v) is 16.5. The summed E-state index contributed by atoms with van der Waals surface area (Å²) in [5.41, 5.74) is 0.727. The van der Waals surface area contributed by atoms with E-state index in [0.29, 0.717) is 49.2 Å². The Kier molecular flexibility index (Phi) is 8.70. The zero-order valence-electron chi connectivity index (χ0n) is 16.5. The number of nitrogens with one attached hydrogen (secondary N) is 2. The summed E-state index contributed by atoms with van der Waals surface area (Å²) < 4.78 is 51.2. The number of halogens is 4. The number of aliphatic imine (C=N–C) groups is 1. The van der Waals surface area contributed by atoms with Crippen LogP contribution in [0.25, 0.3) is 0 Å². The van der Waals surface area contributed by atoms with Crippen molar-refractivity contribution in [1.29, 1.82) is 5.26 Å². The van der Waals surface area contributed by atoms with Crippen LogP contribution in [0.15, 0.2) is 23.2 Å². The smallest absolute Gasteiger partial charge is 0.357 e. The summed E-state index contributed by atoms with van der Waals surface area (Å²) >= 11 is 0. The standard InChI is InChI=1S/C20H27F4N5/c1-2-26-19(28-13-17-11-16(12-25)3-4-18(17)21)27-8-5-15-6-9-29(10-7-15)14-20(22,23)24/h3-4,11,15H,2,5-10,13-14H2,1H3,(H2,26,27,28). The van der Waals surface area contributed by atoms with Crippen molar-refractivity contribution in [3.63, 3.8) is 0 Å². The number of alkyl halides is 3. The molecule has 160 valence electrons. The van der Waals surface area contributed by atoms with Crippen LogP contribution in [0.1, 0.15) is 37.3 Å². The zero-order chi connectivity index (χ0) is 21.3. The van der Waals surface area contributed by atoms with Crippen LogP contribution in [-0.4, -0.2) is 49.8 Å². The van der Waals surface area contributed by atoms with E-state index in [0.717, 1.165) is 19.3 Å². The van der Waals surface area contributed by atoms with Gasteiger partial charge in [0.2, 0.25) is 0 Å². The third-order valence-corrected chi connectivity index (χ3v) is 4.88. The van der Waals surface area contributed by atoms with Crippen molar-refractivity contribution >= 4 is 5.96 Å². The molecule has 9 heteroatoms. The first kappa shape index (κ1) is 22.9. The van der Waals surface area contributed by atoms with E-state index in [4.69, 9.17) is 5.26 Å². The van der Waals surface area contributed by atoms with Crippen molar-refractivity contribution in [2.24, 2.45) is 10.9 Å². The monoisotopic (exact) mass is 413 g/mol. The topological polar surface area (TPSA) is 63.5 Å². The molecule has 0 saturated carbocycles. The second kappa shape index (κ2) is 11.0. The second-order valence-corrected chi connectivity index (χ2v) is 7.16. The fourth-order valence-corrected chi connectivity index (χ4v) is 3.35. The Hall–Kier alpha value is -2.34. The Morgan fingerprint density at radius 2 is 2.00 bits per heavy atom. The van der Waals surface area contributed by atoms with E-state index in [2.05, 4.69) is 15.6 Å². The maximum atomic E-state index is 13.9. The van der Waals surface area contributed by atoms with E-state index in [9.17, 15) is 17.6 Å². The summed E-state index contributed by atoms with van der Waals surface area (Å²) in [6.07, 6.45) is -1.81. The van der Waals surface area contributed by atoms with E-state index in [1.54, 1.807) is 0 Å². The Labute approximate surface area is 168 Å². The van der Waals surface area contributed by atoms with Crippen LogP contribution >= 0.6 is 0 Å². The normalized spacial score (nSPS) is 16.5. The second-order valence-electron chi connectivity index (χ2n) is 7.16. The molecule has 29 heavy (non-hydrogen) atoms. The number of likely N-dealkylation sites (tertiary alicyclic amines) is 1. The molecule has 0 radical (unpaired) electrons. The van der Waals surface area contributed by atoms with Gasteiger partial charge in [-0.05, 0) is 63.4 Å². The van der Waals surface area contributed by atoms with E-state index in [1.807, 2.05) is 13.0 Å². The molecule has 0 atom stereocenters. The fraction of sp³-hybridized carbons (Fsp3) is 0.600. The summed E-state index contributed by atoms with van der Waals surface area (Å²) in [6.45, 7) is 3.40. The number of benzene rings is 1. The third kappa shape index (κ3) is 8.28. The largest absolute Gasteiger partial charge is 0.401 e. The van der Waals surface area contributed by atoms with Crippen LogP contribution in [0.4, 0.5) is 17.6 Å². The SMILES string of the molecule is CCNC(=NCc1cc(C#N)ccc1F)NCCC1CCN(CC(F)(F)F)CC1. The maximum Gasteiger partial charge on any atom is 0.401 e. The van der Waals surface area contributed by atoms with Gasteiger partial charge >= 0.3 is 6.18 Å². The lowest BCUT2D eigenvalue weighted by Gasteiger charge is -2.32. The van der Waals surface area contributed by atoms with E-state index in [-0.39, 0.29) is 6.54 Å². The van der Waals surface area contributed by atoms with Crippen molar-refractivity contribution in [3.05, 3.63) is 35.1 Å². The van der Waals surface area contributed by atoms with Gasteiger partial charge in [0.25, 0.3) is 0 Å². The molecule has 1 fully saturated rings. The lowest BCUT2D eigenvalue weighted by atomic mass is 9.93. The molecule has 0 spiro atoms. The summed E-state index contributed by atoms with van der Waals surface area (Å²) in [7, 11) is 0. The average Bonchev–Trinajstić information content (AvgIpc) is 2.67. The van der Waals surface area contributed by atoms with Crippen molar-refractivity contribution in [2.75, 3.05) is 32.7 Å². The van der Waals surface area contributed by atoms with Gasteiger partial charge in [0.1, 0.15) is 5.82 Å². The summed E-state index contributed by atoms with van der Waals surface area (Å²) in [5.74, 6) is 0.512. The summed E-state index contributed by atoms with van der Waals surface area (Å²) in [6, 6.07) is 6.15. The van der Waals surface area contributed by atoms with Gasteiger partial charge in [0, 0.05) is 18.7 Å². The van der Waals surface area contributed by atoms with E-state index >= 15 is 0 Å². The minimum absolute atomic E-state index is 0.104. The predicted molar refractivity (Wildman–Crippen MR) is 104 cm³/mol. The van der Waals surface area contributed by atoms with Gasteiger partial charge in [0.15, 0.2) is 5.96 Å². The molecule has 0 aliphatic carbocycles. The molecule has 1 aliphatic rings. The molecular formula is C20H27F4N5. The van der Waals surface area contributed by atoms with Gasteiger partial charge in [0.05, 0.1) is 24.7 Å². The summed E-state index contributed by atoms with van der Waals surface area (Å²) in [5, 5.41) is 15.2. The molecule has 1 saturated heterocycles. The molecule has 1 aromatic carbocycles. The van der Waals surface area contributed by atoms with E-state index < -0.39 is 18.5 Å². The number of piperidine rings is 1. The van der Waals surface area contributed by atoms with Crippen molar-refractivity contribution in [2.45, 2.75) is 38.9 Å². The Morgan fingerprint density at radius 3 is 2.62 bits per heavy atom. The van der Waals surface area contributed by atoms with Crippen LogP contribution in [0, 0.1) is 23.1 Å². The molecule has 1 aliphatic heterocycles. The van der Waals surface area contributed by atoms with Gasteiger partial charge in [-0.2, -0.15) is 18.4 Å². The highest BCUT2D eigenvalue weighted by Gasteiger charge is 2.32. The van der Waals surface area contributed by atoms with Gasteiger partial charge in [-0.1, -0.05) is 0 Å². The Balaban J connectivity index is 1.80. The Bertz CT molecular complexity index is 719. The predicted octanol–water partition coefficient (Wildman–Crippen LogP) is 3.42. The first-order valence-corrected chi connectivity index (χ1v) is 9.80. The highest BCUT2D eigenvalue weighted by atomic mass is 19.4. The van der Waals surface area contributed by atoms with Crippen LogP contribution < -0.4 is 10.6 Å². The quantitative estimate of drug-likeness (QED) is 0.409. The van der Waals surface area contributed by atoms with Gasteiger partial charge < -0.3 is 10.6 Å². The van der Waals surface area contributed by atoms with Crippen molar-refractivity contribution in [3.8, 4) is 6.07 Å². The highest BCUT2D eigenvalue weighted by molar-refractivity contribution is 5.79. The first-order valence-electron chi connectivity index (χ1n) is 9.80. The van der Waals surface area contributed by atoms with Crippen LogP contribution in [0.2, 0.25) is 0 Å². The van der Waals surface area contributed by atoms with Crippen LogP contribution in [-0.2, 0) is 6.54 Å². The lowest BCUT2D eigenvalue weighted by Crippen LogP contribution is -2.41.